The van der Waals surface area contributed by atoms with Gasteiger partial charge in [0, 0.05) is 17.5 Å². The molecule has 0 aromatic carbocycles. The number of nitrogens with two attached hydrogens (primary N) is 1. The van der Waals surface area contributed by atoms with E-state index in [1.807, 2.05) is 23.9 Å². The first-order valence-electron chi connectivity index (χ1n) is 5.31. The van der Waals surface area contributed by atoms with Crippen LogP contribution in [0.2, 0.25) is 0 Å². The van der Waals surface area contributed by atoms with Crippen LogP contribution in [-0.2, 0) is 0 Å². The average Bonchev–Trinajstić information content (AvgIpc) is 2.69. The molecule has 1 heterocycles. The summed E-state index contributed by atoms with van der Waals surface area (Å²) in [5.41, 5.74) is 6.59. The molecule has 0 aliphatic heterocycles. The second kappa shape index (κ2) is 4.75. The van der Waals surface area contributed by atoms with Crippen molar-refractivity contribution in [2.45, 2.75) is 30.6 Å². The number of hydrogen-bond donors (Lipinski definition) is 2. The Balaban J connectivity index is 2.05. The number of anilines is 2. The minimum absolute atomic E-state index is 0.525. The van der Waals surface area contributed by atoms with Crippen LogP contribution in [0.3, 0.4) is 0 Å². The Bertz CT molecular complexity index is 329. The fourth-order valence-corrected chi connectivity index (χ4v) is 3.02. The quantitative estimate of drug-likeness (QED) is 0.826. The highest BCUT2D eigenvalue weighted by molar-refractivity contribution is 7.99. The zero-order valence-corrected chi connectivity index (χ0v) is 9.76. The van der Waals surface area contributed by atoms with Crippen LogP contribution >= 0.6 is 11.8 Å². The van der Waals surface area contributed by atoms with Crippen molar-refractivity contribution in [1.82, 2.24) is 4.98 Å². The summed E-state index contributed by atoms with van der Waals surface area (Å²) in [5.74, 6) is 0.837. The molecule has 0 saturated heterocycles. The second-order valence-corrected chi connectivity index (χ2v) is 4.97. The summed E-state index contributed by atoms with van der Waals surface area (Å²) in [4.78, 5) is 4.27. The monoisotopic (exact) mass is 223 g/mol. The maximum Gasteiger partial charge on any atom is 0.149 e. The van der Waals surface area contributed by atoms with Crippen molar-refractivity contribution < 1.29 is 0 Å². The molecule has 3 N–H and O–H groups in total. The van der Waals surface area contributed by atoms with E-state index in [0.29, 0.717) is 11.3 Å². The van der Waals surface area contributed by atoms with E-state index in [2.05, 4.69) is 16.6 Å². The van der Waals surface area contributed by atoms with Gasteiger partial charge < -0.3 is 11.1 Å². The molecule has 82 valence electrons. The van der Waals surface area contributed by atoms with Crippen molar-refractivity contribution in [3.05, 3.63) is 18.3 Å². The average molecular weight is 223 g/mol. The molecule has 2 unspecified atom stereocenters. The van der Waals surface area contributed by atoms with Gasteiger partial charge in [-0.2, -0.15) is 11.8 Å². The van der Waals surface area contributed by atoms with Crippen molar-refractivity contribution in [2.24, 2.45) is 0 Å². The molecule has 1 saturated carbocycles. The SMILES string of the molecule is CSC1CCCC1Nc1ncccc1N. The molecule has 1 aliphatic rings. The predicted octanol–water partition coefficient (Wildman–Crippen LogP) is 2.36. The Morgan fingerprint density at radius 1 is 1.53 bits per heavy atom. The molecule has 0 bridgehead atoms. The van der Waals surface area contributed by atoms with Crippen LogP contribution in [0.4, 0.5) is 11.5 Å². The number of nitrogens with zero attached hydrogens (tertiary/aromatic N) is 1. The number of aromatic nitrogens is 1. The molecule has 0 spiro atoms. The number of nitrogens with one attached hydrogen (secondary N) is 1. The van der Waals surface area contributed by atoms with Gasteiger partial charge in [-0.1, -0.05) is 6.42 Å². The van der Waals surface area contributed by atoms with Crippen molar-refractivity contribution in [2.75, 3.05) is 17.3 Å². The second-order valence-electron chi connectivity index (χ2n) is 3.90. The Morgan fingerprint density at radius 3 is 3.13 bits per heavy atom. The standard InChI is InChI=1S/C11H17N3S/c1-15-10-6-2-5-9(10)14-11-8(12)4-3-7-13-11/h3-4,7,9-10H,2,5-6,12H2,1H3,(H,13,14). The van der Waals surface area contributed by atoms with E-state index in [4.69, 9.17) is 5.73 Å². The van der Waals surface area contributed by atoms with Gasteiger partial charge in [0.2, 0.25) is 0 Å². The van der Waals surface area contributed by atoms with Gasteiger partial charge in [0.25, 0.3) is 0 Å². The summed E-state index contributed by atoms with van der Waals surface area (Å²) < 4.78 is 0. The van der Waals surface area contributed by atoms with Gasteiger partial charge in [-0.25, -0.2) is 4.98 Å². The van der Waals surface area contributed by atoms with E-state index < -0.39 is 0 Å². The van der Waals surface area contributed by atoms with Gasteiger partial charge in [-0.15, -0.1) is 0 Å². The molecule has 0 amide bonds. The first-order valence-corrected chi connectivity index (χ1v) is 6.60. The lowest BCUT2D eigenvalue weighted by Gasteiger charge is -2.20. The van der Waals surface area contributed by atoms with Crippen LogP contribution < -0.4 is 11.1 Å². The highest BCUT2D eigenvalue weighted by Crippen LogP contribution is 2.31. The fourth-order valence-electron chi connectivity index (χ4n) is 2.09. The highest BCUT2D eigenvalue weighted by atomic mass is 32.2. The van der Waals surface area contributed by atoms with Crippen molar-refractivity contribution in [3.8, 4) is 0 Å². The molecule has 0 radical (unpaired) electrons. The van der Waals surface area contributed by atoms with Gasteiger partial charge in [-0.05, 0) is 31.2 Å². The maximum absolute atomic E-state index is 5.85. The van der Waals surface area contributed by atoms with E-state index in [1.165, 1.54) is 19.3 Å². The van der Waals surface area contributed by atoms with Crippen molar-refractivity contribution in [1.29, 1.82) is 0 Å². The Morgan fingerprint density at radius 2 is 2.40 bits per heavy atom. The topological polar surface area (TPSA) is 50.9 Å². The molecular weight excluding hydrogens is 206 g/mol. The van der Waals surface area contributed by atoms with Gasteiger partial charge >= 0.3 is 0 Å². The van der Waals surface area contributed by atoms with E-state index in [-0.39, 0.29) is 0 Å². The summed E-state index contributed by atoms with van der Waals surface area (Å²) in [6.07, 6.45) is 7.77. The van der Waals surface area contributed by atoms with Crippen molar-refractivity contribution in [3.63, 3.8) is 0 Å². The van der Waals surface area contributed by atoms with Crippen LogP contribution in [0.25, 0.3) is 0 Å². The first kappa shape index (κ1) is 10.6. The highest BCUT2D eigenvalue weighted by Gasteiger charge is 2.26. The largest absolute Gasteiger partial charge is 0.396 e. The number of nitrogen functional groups attached to an aromatic ring is 1. The Labute approximate surface area is 94.8 Å². The minimum Gasteiger partial charge on any atom is -0.396 e. The molecule has 1 aromatic rings. The summed E-state index contributed by atoms with van der Waals surface area (Å²) in [5, 5.41) is 4.15. The lowest BCUT2D eigenvalue weighted by Crippen LogP contribution is -2.26. The van der Waals surface area contributed by atoms with Crippen LogP contribution in [-0.4, -0.2) is 22.5 Å². The van der Waals surface area contributed by atoms with Crippen LogP contribution in [0.5, 0.6) is 0 Å². The van der Waals surface area contributed by atoms with Gasteiger partial charge in [0.15, 0.2) is 0 Å². The third-order valence-electron chi connectivity index (χ3n) is 2.92. The van der Waals surface area contributed by atoms with Crippen LogP contribution in [0, 0.1) is 0 Å². The zero-order chi connectivity index (χ0) is 10.7. The molecule has 2 atom stereocenters. The van der Waals surface area contributed by atoms with Gasteiger partial charge in [0.1, 0.15) is 5.82 Å². The number of rotatable bonds is 3. The first-order chi connectivity index (χ1) is 7.31. The number of hydrogen-bond acceptors (Lipinski definition) is 4. The molecule has 15 heavy (non-hydrogen) atoms. The van der Waals surface area contributed by atoms with Crippen LogP contribution in [0.1, 0.15) is 19.3 Å². The fraction of sp³-hybridized carbons (Fsp3) is 0.545. The third kappa shape index (κ3) is 2.37. The smallest absolute Gasteiger partial charge is 0.149 e. The van der Waals surface area contributed by atoms with E-state index in [0.717, 1.165) is 11.5 Å². The minimum atomic E-state index is 0.525. The van der Waals surface area contributed by atoms with E-state index in [9.17, 15) is 0 Å². The van der Waals surface area contributed by atoms with Gasteiger partial charge in [-0.3, -0.25) is 0 Å². The summed E-state index contributed by atoms with van der Waals surface area (Å²) in [6.45, 7) is 0. The lowest BCUT2D eigenvalue weighted by atomic mass is 10.2. The molecular formula is C11H17N3S. The molecule has 1 aromatic heterocycles. The lowest BCUT2D eigenvalue weighted by molar-refractivity contribution is 0.764. The molecule has 3 nitrogen and oxygen atoms in total. The summed E-state index contributed by atoms with van der Waals surface area (Å²) >= 11 is 1.93. The van der Waals surface area contributed by atoms with Crippen molar-refractivity contribution >= 4 is 23.3 Å². The maximum atomic E-state index is 5.85. The molecule has 2 rings (SSSR count). The summed E-state index contributed by atoms with van der Waals surface area (Å²) in [6, 6.07) is 4.27. The number of thioether (sulfide) groups is 1. The molecule has 4 heteroatoms. The zero-order valence-electron chi connectivity index (χ0n) is 8.94. The van der Waals surface area contributed by atoms with E-state index in [1.54, 1.807) is 6.20 Å². The predicted molar refractivity (Wildman–Crippen MR) is 67.2 cm³/mol. The Hall–Kier alpha value is -0.900. The Kier molecular flexibility index (Phi) is 3.36. The third-order valence-corrected chi connectivity index (χ3v) is 4.09. The van der Waals surface area contributed by atoms with E-state index >= 15 is 0 Å². The molecule has 1 fully saturated rings. The molecule has 1 aliphatic carbocycles. The van der Waals surface area contributed by atoms with Gasteiger partial charge in [0.05, 0.1) is 5.69 Å². The number of pyridine rings is 1. The van der Waals surface area contributed by atoms with Crippen LogP contribution in [0.15, 0.2) is 18.3 Å². The normalized spacial score (nSPS) is 25.4. The summed E-state index contributed by atoms with van der Waals surface area (Å²) in [7, 11) is 0.